The third-order valence-corrected chi connectivity index (χ3v) is 1.93. The Morgan fingerprint density at radius 1 is 1.46 bits per heavy atom. The molecule has 1 rings (SSSR count). The summed E-state index contributed by atoms with van der Waals surface area (Å²) in [6.07, 6.45) is 3.13. The number of ether oxygens (including phenoxy) is 2. The van der Waals surface area contributed by atoms with E-state index in [0.29, 0.717) is 6.61 Å². The Morgan fingerprint density at radius 3 is 2.77 bits per heavy atom. The Morgan fingerprint density at radius 2 is 2.23 bits per heavy atom. The average Bonchev–Trinajstić information content (AvgIpc) is 2.04. The molecule has 1 saturated heterocycles. The first-order chi connectivity index (χ1) is 6.08. The third kappa shape index (κ3) is 5.16. The van der Waals surface area contributed by atoms with Crippen molar-refractivity contribution in [3.05, 3.63) is 0 Å². The Balaban J connectivity index is 2.04. The lowest BCUT2D eigenvalue weighted by atomic mass is 10.1. The molecule has 0 amide bonds. The van der Waals surface area contributed by atoms with Crippen LogP contribution in [0.15, 0.2) is 0 Å². The highest BCUT2D eigenvalue weighted by Crippen LogP contribution is 2.15. The van der Waals surface area contributed by atoms with E-state index < -0.39 is 12.5 Å². The highest BCUT2D eigenvalue weighted by molar-refractivity contribution is 4.63. The van der Waals surface area contributed by atoms with E-state index in [2.05, 4.69) is 0 Å². The van der Waals surface area contributed by atoms with Crippen LogP contribution in [0.5, 0.6) is 0 Å². The lowest BCUT2D eigenvalue weighted by Crippen LogP contribution is -2.27. The highest BCUT2D eigenvalue weighted by Gasteiger charge is 2.22. The molecule has 4 heteroatoms. The summed E-state index contributed by atoms with van der Waals surface area (Å²) in [5.41, 5.74) is 0. The normalized spacial score (nSPS) is 24.7. The van der Waals surface area contributed by atoms with Gasteiger partial charge in [-0.1, -0.05) is 0 Å². The van der Waals surface area contributed by atoms with Gasteiger partial charge in [0.2, 0.25) is 0 Å². The summed E-state index contributed by atoms with van der Waals surface area (Å²) in [5.74, 6) is -2.73. The van der Waals surface area contributed by atoms with Crippen LogP contribution in [0.1, 0.15) is 26.2 Å². The fraction of sp³-hybridized carbons (Fsp3) is 1.00. The molecule has 0 bridgehead atoms. The largest absolute Gasteiger partial charge is 0.376 e. The molecule has 0 saturated carbocycles. The van der Waals surface area contributed by atoms with Crippen LogP contribution in [0.25, 0.3) is 0 Å². The van der Waals surface area contributed by atoms with Crippen LogP contribution in [-0.4, -0.2) is 31.8 Å². The minimum atomic E-state index is -2.73. The Bertz CT molecular complexity index is 139. The standard InChI is InChI=1S/C9H16F2O2/c1-9(10,11)7-12-6-8-4-2-3-5-13-8/h8H,2-7H2,1H3. The average molecular weight is 194 g/mol. The van der Waals surface area contributed by atoms with E-state index in [4.69, 9.17) is 9.47 Å². The number of rotatable bonds is 4. The van der Waals surface area contributed by atoms with Crippen LogP contribution < -0.4 is 0 Å². The van der Waals surface area contributed by atoms with Crippen molar-refractivity contribution in [2.45, 2.75) is 38.2 Å². The van der Waals surface area contributed by atoms with Gasteiger partial charge in [-0.2, -0.15) is 0 Å². The molecule has 1 heterocycles. The minimum absolute atomic E-state index is 0.0242. The summed E-state index contributed by atoms with van der Waals surface area (Å²) in [6.45, 7) is 1.38. The van der Waals surface area contributed by atoms with Crippen molar-refractivity contribution in [3.8, 4) is 0 Å². The van der Waals surface area contributed by atoms with E-state index in [9.17, 15) is 8.78 Å². The van der Waals surface area contributed by atoms with Crippen molar-refractivity contribution >= 4 is 0 Å². The lowest BCUT2D eigenvalue weighted by Gasteiger charge is -2.22. The monoisotopic (exact) mass is 194 g/mol. The summed E-state index contributed by atoms with van der Waals surface area (Å²) in [5, 5.41) is 0. The maximum atomic E-state index is 12.3. The molecule has 13 heavy (non-hydrogen) atoms. The maximum absolute atomic E-state index is 12.3. The summed E-state index contributed by atoms with van der Waals surface area (Å²) in [7, 11) is 0. The molecule has 0 aromatic rings. The lowest BCUT2D eigenvalue weighted by molar-refractivity contribution is -0.0973. The van der Waals surface area contributed by atoms with E-state index in [1.54, 1.807) is 0 Å². The van der Waals surface area contributed by atoms with Gasteiger partial charge in [0, 0.05) is 13.5 Å². The van der Waals surface area contributed by atoms with E-state index in [-0.39, 0.29) is 6.10 Å². The van der Waals surface area contributed by atoms with Crippen LogP contribution in [-0.2, 0) is 9.47 Å². The zero-order valence-electron chi connectivity index (χ0n) is 7.89. The number of halogens is 2. The fourth-order valence-electron chi connectivity index (χ4n) is 1.31. The van der Waals surface area contributed by atoms with E-state index in [1.807, 2.05) is 0 Å². The molecular formula is C9H16F2O2. The zero-order valence-corrected chi connectivity index (χ0v) is 7.89. The Kier molecular flexibility index (Phi) is 4.06. The smallest absolute Gasteiger partial charge is 0.268 e. The summed E-state index contributed by atoms with van der Waals surface area (Å²) in [6, 6.07) is 0. The van der Waals surface area contributed by atoms with Gasteiger partial charge < -0.3 is 9.47 Å². The second-order valence-corrected chi connectivity index (χ2v) is 3.57. The van der Waals surface area contributed by atoms with Crippen LogP contribution >= 0.6 is 0 Å². The molecule has 1 fully saturated rings. The molecular weight excluding hydrogens is 178 g/mol. The van der Waals surface area contributed by atoms with Gasteiger partial charge >= 0.3 is 0 Å². The first-order valence-corrected chi connectivity index (χ1v) is 4.65. The van der Waals surface area contributed by atoms with Crippen molar-refractivity contribution < 1.29 is 18.3 Å². The van der Waals surface area contributed by atoms with Crippen molar-refractivity contribution in [2.75, 3.05) is 19.8 Å². The van der Waals surface area contributed by atoms with E-state index in [0.717, 1.165) is 32.8 Å². The van der Waals surface area contributed by atoms with Crippen LogP contribution in [0.2, 0.25) is 0 Å². The van der Waals surface area contributed by atoms with Gasteiger partial charge in [0.1, 0.15) is 6.61 Å². The molecule has 0 radical (unpaired) electrons. The second kappa shape index (κ2) is 4.86. The number of hydrogen-bond acceptors (Lipinski definition) is 2. The number of hydrogen-bond donors (Lipinski definition) is 0. The Labute approximate surface area is 77.2 Å². The van der Waals surface area contributed by atoms with Gasteiger partial charge in [0.15, 0.2) is 0 Å². The molecule has 0 N–H and O–H groups in total. The van der Waals surface area contributed by atoms with Crippen LogP contribution in [0.3, 0.4) is 0 Å². The molecule has 0 spiro atoms. The van der Waals surface area contributed by atoms with Crippen LogP contribution in [0.4, 0.5) is 8.78 Å². The van der Waals surface area contributed by atoms with Crippen LogP contribution in [0, 0.1) is 0 Å². The van der Waals surface area contributed by atoms with Gasteiger partial charge in [-0.3, -0.25) is 0 Å². The fourth-order valence-corrected chi connectivity index (χ4v) is 1.31. The molecule has 1 aliphatic rings. The van der Waals surface area contributed by atoms with Crippen molar-refractivity contribution in [2.24, 2.45) is 0 Å². The first-order valence-electron chi connectivity index (χ1n) is 4.65. The number of alkyl halides is 2. The molecule has 1 aliphatic heterocycles. The molecule has 1 unspecified atom stereocenters. The van der Waals surface area contributed by atoms with Crippen molar-refractivity contribution in [1.82, 2.24) is 0 Å². The summed E-state index contributed by atoms with van der Waals surface area (Å²) < 4.78 is 34.8. The molecule has 0 aromatic heterocycles. The highest BCUT2D eigenvalue weighted by atomic mass is 19.3. The molecule has 1 atom stereocenters. The first kappa shape index (κ1) is 10.9. The predicted molar refractivity (Wildman–Crippen MR) is 45.0 cm³/mol. The minimum Gasteiger partial charge on any atom is -0.376 e. The topological polar surface area (TPSA) is 18.5 Å². The Hall–Kier alpha value is -0.220. The van der Waals surface area contributed by atoms with Gasteiger partial charge in [-0.25, -0.2) is 8.78 Å². The predicted octanol–water partition coefficient (Wildman–Crippen LogP) is 2.23. The van der Waals surface area contributed by atoms with Gasteiger partial charge in [0.05, 0.1) is 12.7 Å². The van der Waals surface area contributed by atoms with Gasteiger partial charge in [-0.05, 0) is 19.3 Å². The molecule has 0 aliphatic carbocycles. The van der Waals surface area contributed by atoms with Gasteiger partial charge in [-0.15, -0.1) is 0 Å². The third-order valence-electron chi connectivity index (χ3n) is 1.93. The van der Waals surface area contributed by atoms with Crippen molar-refractivity contribution in [3.63, 3.8) is 0 Å². The zero-order chi connectivity index (χ0) is 9.73. The molecule has 78 valence electrons. The summed E-state index contributed by atoms with van der Waals surface area (Å²) in [4.78, 5) is 0. The molecule has 0 aromatic carbocycles. The van der Waals surface area contributed by atoms with Gasteiger partial charge in [0.25, 0.3) is 5.92 Å². The SMILES string of the molecule is CC(F)(F)COCC1CCCCO1. The summed E-state index contributed by atoms with van der Waals surface area (Å²) >= 11 is 0. The second-order valence-electron chi connectivity index (χ2n) is 3.57. The molecule has 2 nitrogen and oxygen atoms in total. The quantitative estimate of drug-likeness (QED) is 0.683. The maximum Gasteiger partial charge on any atom is 0.268 e. The van der Waals surface area contributed by atoms with Crippen molar-refractivity contribution in [1.29, 1.82) is 0 Å². The van der Waals surface area contributed by atoms with E-state index in [1.165, 1.54) is 0 Å². The van der Waals surface area contributed by atoms with E-state index >= 15 is 0 Å².